The van der Waals surface area contributed by atoms with Crippen molar-refractivity contribution in [2.24, 2.45) is 12.5 Å². The standard InChI is InChI=1S/C37H46N6O2/c1-39-27-38-36-34(29-5-9-32(10-6-29)43-25-37(26-43)11-13-41(14-12-37)33-23-45-24-33)21-30(22-35(36)39)28-3-7-31(8-4-28)42-17-15-40(16-18-42)19-20-44-2/h3-10,21-22,27,33H,11-20,23-26H2,1-2H3. The molecule has 4 aliphatic rings. The SMILES string of the molecule is COCCN1CCN(c2ccc(-c3cc(-c4ccc(N5CC6(CCN(C7COC7)CC6)C5)cc4)c4ncn(C)c4c3)cc2)CC1. The van der Waals surface area contributed by atoms with Crippen LogP contribution in [0.15, 0.2) is 67.0 Å². The fourth-order valence-corrected chi connectivity index (χ4v) is 7.84. The molecule has 1 aromatic heterocycles. The van der Waals surface area contributed by atoms with Crippen molar-refractivity contribution in [3.05, 3.63) is 67.0 Å². The Labute approximate surface area is 267 Å². The molecule has 4 aliphatic heterocycles. The summed E-state index contributed by atoms with van der Waals surface area (Å²) >= 11 is 0. The second-order valence-corrected chi connectivity index (χ2v) is 13.7. The van der Waals surface area contributed by atoms with E-state index >= 15 is 0 Å². The molecule has 0 N–H and O–H groups in total. The Kier molecular flexibility index (Phi) is 7.77. The molecule has 4 aromatic rings. The van der Waals surface area contributed by atoms with Crippen molar-refractivity contribution < 1.29 is 9.47 Å². The van der Waals surface area contributed by atoms with Crippen LogP contribution in [0.3, 0.4) is 0 Å². The third-order valence-corrected chi connectivity index (χ3v) is 11.0. The van der Waals surface area contributed by atoms with Gasteiger partial charge in [-0.2, -0.15) is 0 Å². The zero-order valence-electron chi connectivity index (χ0n) is 26.8. The average Bonchev–Trinajstić information content (AvgIpc) is 3.42. The maximum Gasteiger partial charge on any atom is 0.0963 e. The lowest BCUT2D eigenvalue weighted by molar-refractivity contribution is -0.0838. The maximum atomic E-state index is 5.43. The number of imidazole rings is 1. The molecule has 8 nitrogen and oxygen atoms in total. The fourth-order valence-electron chi connectivity index (χ4n) is 7.84. The van der Waals surface area contributed by atoms with E-state index in [9.17, 15) is 0 Å². The van der Waals surface area contributed by atoms with E-state index in [0.717, 1.165) is 63.6 Å². The van der Waals surface area contributed by atoms with Crippen molar-refractivity contribution in [2.75, 3.05) is 95.6 Å². The number of anilines is 2. The molecule has 0 aliphatic carbocycles. The molecule has 4 fully saturated rings. The summed E-state index contributed by atoms with van der Waals surface area (Å²) in [4.78, 5) is 15.0. The van der Waals surface area contributed by atoms with Crippen LogP contribution in [0.25, 0.3) is 33.3 Å². The van der Waals surface area contributed by atoms with Crippen LogP contribution in [-0.2, 0) is 16.5 Å². The molecular formula is C37H46N6O2. The number of hydrogen-bond acceptors (Lipinski definition) is 7. The Morgan fingerprint density at radius 1 is 0.800 bits per heavy atom. The zero-order chi connectivity index (χ0) is 30.4. The Morgan fingerprint density at radius 3 is 2.11 bits per heavy atom. The molecule has 0 atom stereocenters. The molecule has 5 heterocycles. The lowest BCUT2D eigenvalue weighted by Crippen LogP contribution is -2.62. The molecule has 0 saturated carbocycles. The van der Waals surface area contributed by atoms with Crippen molar-refractivity contribution in [3.8, 4) is 22.3 Å². The van der Waals surface area contributed by atoms with Crippen LogP contribution in [0, 0.1) is 5.41 Å². The Morgan fingerprint density at radius 2 is 1.47 bits per heavy atom. The lowest BCUT2D eigenvalue weighted by atomic mass is 9.71. The summed E-state index contributed by atoms with van der Waals surface area (Å²) in [5.74, 6) is 0. The molecule has 0 bridgehead atoms. The summed E-state index contributed by atoms with van der Waals surface area (Å²) in [7, 11) is 3.87. The molecule has 8 heteroatoms. The minimum atomic E-state index is 0.502. The van der Waals surface area contributed by atoms with E-state index in [4.69, 9.17) is 14.5 Å². The van der Waals surface area contributed by atoms with Gasteiger partial charge in [0.1, 0.15) is 0 Å². The molecule has 4 saturated heterocycles. The summed E-state index contributed by atoms with van der Waals surface area (Å²) in [5, 5.41) is 0. The predicted molar refractivity (Wildman–Crippen MR) is 182 cm³/mol. The van der Waals surface area contributed by atoms with E-state index in [-0.39, 0.29) is 0 Å². The van der Waals surface area contributed by atoms with Gasteiger partial charge in [-0.3, -0.25) is 9.80 Å². The maximum absolute atomic E-state index is 5.43. The van der Waals surface area contributed by atoms with Gasteiger partial charge in [0.25, 0.3) is 0 Å². The van der Waals surface area contributed by atoms with Crippen molar-refractivity contribution in [2.45, 2.75) is 18.9 Å². The van der Waals surface area contributed by atoms with Crippen LogP contribution in [0.1, 0.15) is 12.8 Å². The Bertz CT molecular complexity index is 1610. The number of piperazine rings is 1. The number of ether oxygens (including phenoxy) is 2. The van der Waals surface area contributed by atoms with Crippen LogP contribution < -0.4 is 9.80 Å². The van der Waals surface area contributed by atoms with E-state index in [2.05, 4.69) is 91.9 Å². The van der Waals surface area contributed by atoms with Gasteiger partial charge in [-0.25, -0.2) is 4.98 Å². The molecule has 3 aromatic carbocycles. The molecule has 0 radical (unpaired) electrons. The van der Waals surface area contributed by atoms with E-state index in [1.165, 1.54) is 72.6 Å². The van der Waals surface area contributed by atoms with Crippen molar-refractivity contribution in [1.29, 1.82) is 0 Å². The summed E-state index contributed by atoms with van der Waals surface area (Å²) < 4.78 is 12.8. The molecule has 236 valence electrons. The van der Waals surface area contributed by atoms with Gasteiger partial charge in [-0.1, -0.05) is 24.3 Å². The van der Waals surface area contributed by atoms with E-state index in [1.54, 1.807) is 7.11 Å². The molecule has 45 heavy (non-hydrogen) atoms. The summed E-state index contributed by atoms with van der Waals surface area (Å²) in [6.45, 7) is 12.8. The van der Waals surface area contributed by atoms with Crippen molar-refractivity contribution in [1.82, 2.24) is 19.4 Å². The van der Waals surface area contributed by atoms with Gasteiger partial charge in [0.05, 0.1) is 43.2 Å². The van der Waals surface area contributed by atoms with E-state index in [0.29, 0.717) is 11.5 Å². The van der Waals surface area contributed by atoms with Crippen LogP contribution >= 0.6 is 0 Å². The number of methoxy groups -OCH3 is 1. The van der Waals surface area contributed by atoms with Crippen LogP contribution in [0.5, 0.6) is 0 Å². The molecular weight excluding hydrogens is 560 g/mol. The molecule has 0 amide bonds. The zero-order valence-corrected chi connectivity index (χ0v) is 26.8. The first-order valence-corrected chi connectivity index (χ1v) is 16.8. The number of rotatable bonds is 8. The largest absolute Gasteiger partial charge is 0.383 e. The highest BCUT2D eigenvalue weighted by molar-refractivity contribution is 5.96. The third kappa shape index (κ3) is 5.63. The number of likely N-dealkylation sites (tertiary alicyclic amines) is 1. The van der Waals surface area contributed by atoms with Crippen LogP contribution in [0.2, 0.25) is 0 Å². The number of piperidine rings is 1. The highest BCUT2D eigenvalue weighted by Gasteiger charge is 2.46. The summed E-state index contributed by atoms with van der Waals surface area (Å²) in [6.07, 6.45) is 4.56. The molecule has 8 rings (SSSR count). The molecule has 0 unspecified atom stereocenters. The number of benzene rings is 3. The van der Waals surface area contributed by atoms with Crippen LogP contribution in [0.4, 0.5) is 11.4 Å². The first-order chi connectivity index (χ1) is 22.1. The second kappa shape index (κ2) is 12.1. The van der Waals surface area contributed by atoms with Gasteiger partial charge in [-0.05, 0) is 79.0 Å². The summed E-state index contributed by atoms with van der Waals surface area (Å²) in [5.41, 5.74) is 10.2. The lowest BCUT2D eigenvalue weighted by Gasteiger charge is -2.56. The Balaban J connectivity index is 0.966. The van der Waals surface area contributed by atoms with Gasteiger partial charge in [0.15, 0.2) is 0 Å². The van der Waals surface area contributed by atoms with Gasteiger partial charge >= 0.3 is 0 Å². The van der Waals surface area contributed by atoms with Crippen molar-refractivity contribution in [3.63, 3.8) is 0 Å². The first-order valence-electron chi connectivity index (χ1n) is 16.8. The summed E-state index contributed by atoms with van der Waals surface area (Å²) in [6, 6.07) is 23.6. The van der Waals surface area contributed by atoms with Gasteiger partial charge in [-0.15, -0.1) is 0 Å². The monoisotopic (exact) mass is 606 g/mol. The predicted octanol–water partition coefficient (Wildman–Crippen LogP) is 4.98. The number of nitrogens with zero attached hydrogens (tertiary/aromatic N) is 6. The number of aromatic nitrogens is 2. The Hall–Kier alpha value is -3.43. The second-order valence-electron chi connectivity index (χ2n) is 13.7. The third-order valence-electron chi connectivity index (χ3n) is 11.0. The number of hydrogen-bond donors (Lipinski definition) is 0. The van der Waals surface area contributed by atoms with E-state index < -0.39 is 0 Å². The fraction of sp³-hybridized carbons (Fsp3) is 0.486. The number of aryl methyl sites for hydroxylation is 1. The quantitative estimate of drug-likeness (QED) is 0.281. The minimum absolute atomic E-state index is 0.502. The highest BCUT2D eigenvalue weighted by atomic mass is 16.5. The topological polar surface area (TPSA) is 49.2 Å². The van der Waals surface area contributed by atoms with E-state index in [1.807, 2.05) is 6.33 Å². The average molecular weight is 607 g/mol. The highest BCUT2D eigenvalue weighted by Crippen LogP contribution is 2.44. The smallest absolute Gasteiger partial charge is 0.0963 e. The van der Waals surface area contributed by atoms with Gasteiger partial charge < -0.3 is 23.8 Å². The van der Waals surface area contributed by atoms with Gasteiger partial charge in [0.2, 0.25) is 0 Å². The van der Waals surface area contributed by atoms with Crippen molar-refractivity contribution >= 4 is 22.4 Å². The van der Waals surface area contributed by atoms with Gasteiger partial charge in [0, 0.05) is 82.3 Å². The first kappa shape index (κ1) is 29.0. The molecule has 1 spiro atoms. The number of fused-ring (bicyclic) bond motifs is 1. The normalized spacial score (nSPS) is 20.9. The minimum Gasteiger partial charge on any atom is -0.383 e. The van der Waals surface area contributed by atoms with Crippen LogP contribution in [-0.4, -0.2) is 111 Å².